The summed E-state index contributed by atoms with van der Waals surface area (Å²) in [6.07, 6.45) is 4.94. The summed E-state index contributed by atoms with van der Waals surface area (Å²) in [4.78, 5) is 44.8. The monoisotopic (exact) mass is 588 g/mol. The van der Waals surface area contributed by atoms with Crippen LogP contribution in [0.15, 0.2) is 43.5 Å². The molecular formula is C29H37BrN2O6. The fourth-order valence-electron chi connectivity index (χ4n) is 6.46. The van der Waals surface area contributed by atoms with Gasteiger partial charge in [-0.05, 0) is 50.7 Å². The minimum Gasteiger partial charge on any atom is -0.465 e. The van der Waals surface area contributed by atoms with Crippen molar-refractivity contribution in [1.82, 2.24) is 4.90 Å². The maximum Gasteiger partial charge on any atom is 0.312 e. The highest BCUT2D eigenvalue weighted by Gasteiger charge is 2.77. The molecule has 0 saturated carbocycles. The number of rotatable bonds is 12. The molecule has 0 aliphatic carbocycles. The number of esters is 1. The van der Waals surface area contributed by atoms with Crippen molar-refractivity contribution in [2.75, 3.05) is 31.2 Å². The lowest BCUT2D eigenvalue weighted by molar-refractivity contribution is -0.155. The first-order chi connectivity index (χ1) is 18.2. The van der Waals surface area contributed by atoms with Gasteiger partial charge in [0.25, 0.3) is 5.91 Å². The zero-order chi connectivity index (χ0) is 27.6. The molecule has 3 heterocycles. The van der Waals surface area contributed by atoms with Gasteiger partial charge in [0.1, 0.15) is 11.6 Å². The van der Waals surface area contributed by atoms with E-state index in [4.69, 9.17) is 9.47 Å². The normalized spacial score (nSPS) is 29.3. The molecule has 1 aromatic rings. The van der Waals surface area contributed by atoms with E-state index >= 15 is 0 Å². The van der Waals surface area contributed by atoms with Crippen molar-refractivity contribution in [3.63, 3.8) is 0 Å². The Labute approximate surface area is 232 Å². The van der Waals surface area contributed by atoms with E-state index in [0.717, 1.165) is 16.8 Å². The molecule has 3 saturated heterocycles. The Kier molecular flexibility index (Phi) is 8.79. The van der Waals surface area contributed by atoms with Gasteiger partial charge < -0.3 is 24.4 Å². The Morgan fingerprint density at radius 1 is 1.26 bits per heavy atom. The Bertz CT molecular complexity index is 1090. The summed E-state index contributed by atoms with van der Waals surface area (Å²) < 4.78 is 12.1. The molecule has 6 atom stereocenters. The lowest BCUT2D eigenvalue weighted by atomic mass is 9.70. The second-order valence-electron chi connectivity index (χ2n) is 10.3. The average molecular weight is 590 g/mol. The van der Waals surface area contributed by atoms with E-state index in [0.29, 0.717) is 25.7 Å². The van der Waals surface area contributed by atoms with Gasteiger partial charge in [-0.25, -0.2) is 0 Å². The second kappa shape index (κ2) is 11.7. The summed E-state index contributed by atoms with van der Waals surface area (Å²) in [5.74, 6) is -2.70. The molecule has 8 nitrogen and oxygen atoms in total. The van der Waals surface area contributed by atoms with Crippen LogP contribution >= 0.6 is 15.9 Å². The molecule has 1 aromatic carbocycles. The lowest BCUT2D eigenvalue weighted by Crippen LogP contribution is -2.57. The van der Waals surface area contributed by atoms with Crippen molar-refractivity contribution in [2.24, 2.45) is 11.8 Å². The third-order valence-corrected chi connectivity index (χ3v) is 8.78. The highest BCUT2D eigenvalue weighted by molar-refractivity contribution is 9.09. The van der Waals surface area contributed by atoms with Crippen LogP contribution in [0.4, 0.5) is 5.69 Å². The SMILES string of the molecule is C=CCCCOC(=O)[C@H]1[C@@H]2OC3(CC2Br)C(C(=O)N(CC=C)c2c(C)cccc2C)N(CCCO)C(=O)[C@H]13. The number of aliphatic hydroxyl groups excluding tert-OH is 1. The number of amides is 2. The largest absolute Gasteiger partial charge is 0.465 e. The molecular weight excluding hydrogens is 552 g/mol. The van der Waals surface area contributed by atoms with Gasteiger partial charge in [-0.15, -0.1) is 13.2 Å². The fourth-order valence-corrected chi connectivity index (χ4v) is 7.40. The summed E-state index contributed by atoms with van der Waals surface area (Å²) in [6.45, 7) is 12.0. The van der Waals surface area contributed by atoms with Gasteiger partial charge in [-0.3, -0.25) is 14.4 Å². The number of hydrogen-bond acceptors (Lipinski definition) is 6. The number of ether oxygens (including phenoxy) is 2. The Morgan fingerprint density at radius 3 is 2.61 bits per heavy atom. The number of likely N-dealkylation sites (tertiary alicyclic amines) is 1. The predicted octanol–water partition coefficient (Wildman–Crippen LogP) is 3.46. The molecule has 9 heteroatoms. The molecule has 1 N–H and O–H groups in total. The number of anilines is 1. The van der Waals surface area contributed by atoms with Gasteiger partial charge in [0, 0.05) is 30.2 Å². The molecule has 38 heavy (non-hydrogen) atoms. The zero-order valence-electron chi connectivity index (χ0n) is 22.1. The van der Waals surface area contributed by atoms with Gasteiger partial charge in [0.05, 0.1) is 24.5 Å². The van der Waals surface area contributed by atoms with Gasteiger partial charge >= 0.3 is 5.97 Å². The van der Waals surface area contributed by atoms with Gasteiger partial charge in [-0.1, -0.05) is 46.3 Å². The van der Waals surface area contributed by atoms with E-state index in [1.807, 2.05) is 32.0 Å². The third kappa shape index (κ3) is 4.73. The van der Waals surface area contributed by atoms with E-state index in [1.54, 1.807) is 17.1 Å². The number of fused-ring (bicyclic) bond motifs is 1. The number of halogens is 1. The van der Waals surface area contributed by atoms with Crippen molar-refractivity contribution in [1.29, 1.82) is 0 Å². The van der Waals surface area contributed by atoms with Crippen molar-refractivity contribution in [3.8, 4) is 0 Å². The van der Waals surface area contributed by atoms with Crippen molar-refractivity contribution in [2.45, 2.75) is 62.1 Å². The van der Waals surface area contributed by atoms with Crippen LogP contribution in [0.1, 0.15) is 36.8 Å². The maximum atomic E-state index is 14.5. The second-order valence-corrected chi connectivity index (χ2v) is 11.5. The topological polar surface area (TPSA) is 96.4 Å². The summed E-state index contributed by atoms with van der Waals surface area (Å²) in [6, 6.07) is 4.88. The molecule has 3 aliphatic rings. The summed E-state index contributed by atoms with van der Waals surface area (Å²) in [5.41, 5.74) is 1.45. The van der Waals surface area contributed by atoms with E-state index in [2.05, 4.69) is 29.1 Å². The van der Waals surface area contributed by atoms with E-state index in [-0.39, 0.29) is 42.9 Å². The van der Waals surface area contributed by atoms with Crippen LogP contribution < -0.4 is 4.90 Å². The van der Waals surface area contributed by atoms with Crippen LogP contribution in [0.3, 0.4) is 0 Å². The third-order valence-electron chi connectivity index (χ3n) is 7.94. The number of unbranched alkanes of at least 4 members (excludes halogenated alkanes) is 1. The smallest absolute Gasteiger partial charge is 0.312 e. The number of aryl methyl sites for hydroxylation is 2. The summed E-state index contributed by atoms with van der Waals surface area (Å²) in [7, 11) is 0. The quantitative estimate of drug-likeness (QED) is 0.174. The molecule has 0 radical (unpaired) electrons. The van der Waals surface area contributed by atoms with Crippen LogP contribution in [-0.4, -0.2) is 76.7 Å². The Balaban J connectivity index is 1.75. The first-order valence-corrected chi connectivity index (χ1v) is 14.1. The van der Waals surface area contributed by atoms with Crippen LogP contribution in [0, 0.1) is 25.7 Å². The van der Waals surface area contributed by atoms with Crippen LogP contribution in [-0.2, 0) is 23.9 Å². The number of para-hydroxylation sites is 1. The average Bonchev–Trinajstić information content (AvgIpc) is 3.47. The van der Waals surface area contributed by atoms with Crippen molar-refractivity contribution in [3.05, 3.63) is 54.6 Å². The fraction of sp³-hybridized carbons (Fsp3) is 0.552. The van der Waals surface area contributed by atoms with Gasteiger partial charge in [-0.2, -0.15) is 0 Å². The number of allylic oxidation sites excluding steroid dienone is 1. The van der Waals surface area contributed by atoms with Crippen molar-refractivity contribution < 1.29 is 29.0 Å². The molecule has 3 fully saturated rings. The van der Waals surface area contributed by atoms with Crippen LogP contribution in [0.5, 0.6) is 0 Å². The first-order valence-electron chi connectivity index (χ1n) is 13.2. The first kappa shape index (κ1) is 28.5. The highest BCUT2D eigenvalue weighted by Crippen LogP contribution is 2.60. The molecule has 2 bridgehead atoms. The summed E-state index contributed by atoms with van der Waals surface area (Å²) >= 11 is 3.68. The molecule has 3 aliphatic heterocycles. The minimum atomic E-state index is -1.18. The van der Waals surface area contributed by atoms with Gasteiger partial charge in [0.15, 0.2) is 0 Å². The molecule has 4 rings (SSSR count). The lowest BCUT2D eigenvalue weighted by Gasteiger charge is -2.37. The minimum absolute atomic E-state index is 0.130. The number of benzene rings is 1. The molecule has 2 amide bonds. The number of carbonyl (C=O) groups excluding carboxylic acids is 3. The van der Waals surface area contributed by atoms with Crippen LogP contribution in [0.25, 0.3) is 0 Å². The number of aliphatic hydroxyl groups is 1. The number of hydrogen-bond donors (Lipinski definition) is 1. The predicted molar refractivity (Wildman–Crippen MR) is 148 cm³/mol. The standard InChI is InChI=1S/C29H37BrN2O6/c1-5-7-8-16-37-28(36)21-22-26(34)32(14-10-15-33)25(29(22)17-20(30)24(21)38-29)27(35)31(13-6-2)23-18(3)11-9-12-19(23)4/h5-6,9,11-12,20-22,24-25,33H,1-2,7-8,10,13-17H2,3-4H3/t20?,21-,22+,24-,25?,29?/m1/s1. The molecule has 1 spiro atoms. The van der Waals surface area contributed by atoms with E-state index < -0.39 is 35.6 Å². The molecule has 0 aromatic heterocycles. The number of alkyl halides is 1. The maximum absolute atomic E-state index is 14.5. The highest BCUT2D eigenvalue weighted by atomic mass is 79.9. The van der Waals surface area contributed by atoms with E-state index in [1.165, 1.54) is 4.90 Å². The Morgan fingerprint density at radius 2 is 1.97 bits per heavy atom. The zero-order valence-corrected chi connectivity index (χ0v) is 23.7. The van der Waals surface area contributed by atoms with Gasteiger partial charge in [0.2, 0.25) is 5.91 Å². The number of carbonyl (C=O) groups is 3. The van der Waals surface area contributed by atoms with E-state index in [9.17, 15) is 19.5 Å². The van der Waals surface area contributed by atoms with Crippen LogP contribution in [0.2, 0.25) is 0 Å². The molecule has 206 valence electrons. The molecule has 3 unspecified atom stereocenters. The Hall–Kier alpha value is -2.49. The number of nitrogens with zero attached hydrogens (tertiary/aromatic N) is 2. The summed E-state index contributed by atoms with van der Waals surface area (Å²) in [5, 5.41) is 9.57. The van der Waals surface area contributed by atoms with Crippen molar-refractivity contribution >= 4 is 39.4 Å².